The molecular formula is C20H19N5O2S2. The molecule has 4 rings (SSSR count). The average molecular weight is 426 g/mol. The van der Waals surface area contributed by atoms with Crippen molar-refractivity contribution in [3.8, 4) is 0 Å². The molecule has 148 valence electrons. The van der Waals surface area contributed by atoms with Gasteiger partial charge in [-0.25, -0.2) is 23.4 Å². The van der Waals surface area contributed by atoms with Crippen molar-refractivity contribution in [1.82, 2.24) is 19.5 Å². The van der Waals surface area contributed by atoms with Crippen LogP contribution in [0.5, 0.6) is 0 Å². The molecule has 0 aliphatic rings. The molecule has 0 aliphatic carbocycles. The standard InChI is InChI=1S/C20H19N5O2S2/c1-14-10-11-21-20(22-14)28-13-19-23-17-12-15(8-9-18(17)25(19)2)24-29(26,27)16-6-4-3-5-7-16/h3-12,24H,13H2,1-2H3. The van der Waals surface area contributed by atoms with E-state index in [-0.39, 0.29) is 4.90 Å². The molecule has 4 aromatic rings. The van der Waals surface area contributed by atoms with Crippen LogP contribution in [0.1, 0.15) is 11.5 Å². The molecule has 0 radical (unpaired) electrons. The third-order valence-corrected chi connectivity index (χ3v) is 6.64. The number of nitrogens with zero attached hydrogens (tertiary/aromatic N) is 4. The number of aromatic nitrogens is 4. The maximum Gasteiger partial charge on any atom is 0.261 e. The highest BCUT2D eigenvalue weighted by atomic mass is 32.2. The Bertz CT molecular complexity index is 1270. The number of rotatable bonds is 6. The summed E-state index contributed by atoms with van der Waals surface area (Å²) < 4.78 is 29.7. The monoisotopic (exact) mass is 425 g/mol. The van der Waals surface area contributed by atoms with Crippen molar-refractivity contribution >= 4 is 38.5 Å². The minimum Gasteiger partial charge on any atom is -0.330 e. The predicted molar refractivity (Wildman–Crippen MR) is 114 cm³/mol. The Morgan fingerprint density at radius 3 is 2.62 bits per heavy atom. The topological polar surface area (TPSA) is 89.8 Å². The van der Waals surface area contributed by atoms with Crippen LogP contribution in [-0.2, 0) is 22.8 Å². The molecule has 0 bridgehead atoms. The summed E-state index contributed by atoms with van der Waals surface area (Å²) in [6, 6.07) is 15.5. The number of imidazole rings is 1. The molecule has 0 aliphatic heterocycles. The smallest absolute Gasteiger partial charge is 0.261 e. The van der Waals surface area contributed by atoms with E-state index in [0.29, 0.717) is 16.6 Å². The Hall–Kier alpha value is -2.91. The molecule has 0 unspecified atom stereocenters. The molecule has 0 atom stereocenters. The van der Waals surface area contributed by atoms with Gasteiger partial charge in [0, 0.05) is 18.9 Å². The predicted octanol–water partition coefficient (Wildman–Crippen LogP) is 3.76. The Morgan fingerprint density at radius 2 is 1.86 bits per heavy atom. The number of anilines is 1. The van der Waals surface area contributed by atoms with Crippen LogP contribution >= 0.6 is 11.8 Å². The van der Waals surface area contributed by atoms with Gasteiger partial charge in [0.05, 0.1) is 27.4 Å². The fraction of sp³-hybridized carbons (Fsp3) is 0.150. The van der Waals surface area contributed by atoms with E-state index >= 15 is 0 Å². The van der Waals surface area contributed by atoms with Crippen LogP contribution in [0.2, 0.25) is 0 Å². The molecule has 0 saturated heterocycles. The van der Waals surface area contributed by atoms with E-state index in [1.807, 2.05) is 30.7 Å². The van der Waals surface area contributed by atoms with Gasteiger partial charge in [-0.3, -0.25) is 4.72 Å². The molecule has 0 fully saturated rings. The van der Waals surface area contributed by atoms with Gasteiger partial charge in [0.15, 0.2) is 5.16 Å². The highest BCUT2D eigenvalue weighted by Gasteiger charge is 2.15. The first kappa shape index (κ1) is 19.4. The van der Waals surface area contributed by atoms with E-state index in [1.54, 1.807) is 48.7 Å². The quantitative estimate of drug-likeness (QED) is 0.374. The molecule has 29 heavy (non-hydrogen) atoms. The van der Waals surface area contributed by atoms with E-state index in [2.05, 4.69) is 19.7 Å². The number of thioether (sulfide) groups is 1. The van der Waals surface area contributed by atoms with Gasteiger partial charge in [0.25, 0.3) is 10.0 Å². The van der Waals surface area contributed by atoms with Gasteiger partial charge in [-0.15, -0.1) is 0 Å². The molecule has 0 amide bonds. The zero-order chi connectivity index (χ0) is 20.4. The largest absolute Gasteiger partial charge is 0.330 e. The van der Waals surface area contributed by atoms with Gasteiger partial charge < -0.3 is 4.57 Å². The summed E-state index contributed by atoms with van der Waals surface area (Å²) in [5.74, 6) is 1.47. The second-order valence-corrected chi connectivity index (χ2v) is 9.10. The van der Waals surface area contributed by atoms with Crippen molar-refractivity contribution < 1.29 is 8.42 Å². The summed E-state index contributed by atoms with van der Waals surface area (Å²) in [7, 11) is -1.70. The van der Waals surface area contributed by atoms with E-state index in [0.717, 1.165) is 22.6 Å². The SMILES string of the molecule is Cc1ccnc(SCc2nc3cc(NS(=O)(=O)c4ccccc4)ccc3n2C)n1. The minimum absolute atomic E-state index is 0.219. The van der Waals surface area contributed by atoms with Crippen LogP contribution in [0.3, 0.4) is 0 Å². The number of benzene rings is 2. The Labute approximate surface area is 173 Å². The molecule has 2 aromatic heterocycles. The van der Waals surface area contributed by atoms with Crippen LogP contribution in [0.25, 0.3) is 11.0 Å². The van der Waals surface area contributed by atoms with Gasteiger partial charge in [-0.1, -0.05) is 30.0 Å². The molecule has 1 N–H and O–H groups in total. The van der Waals surface area contributed by atoms with Gasteiger partial charge in [0.1, 0.15) is 5.82 Å². The molecule has 7 nitrogen and oxygen atoms in total. The van der Waals surface area contributed by atoms with Crippen LogP contribution in [0.4, 0.5) is 5.69 Å². The second kappa shape index (κ2) is 7.84. The fourth-order valence-electron chi connectivity index (χ4n) is 2.88. The Kier molecular flexibility index (Phi) is 5.25. The molecule has 0 spiro atoms. The molecule has 9 heteroatoms. The molecular weight excluding hydrogens is 406 g/mol. The number of hydrogen-bond donors (Lipinski definition) is 1. The Morgan fingerprint density at radius 1 is 1.07 bits per heavy atom. The third-order valence-electron chi connectivity index (χ3n) is 4.38. The van der Waals surface area contributed by atoms with E-state index < -0.39 is 10.0 Å². The first-order valence-corrected chi connectivity index (χ1v) is 11.3. The number of hydrogen-bond acceptors (Lipinski definition) is 6. The number of sulfonamides is 1. The second-order valence-electron chi connectivity index (χ2n) is 6.48. The van der Waals surface area contributed by atoms with E-state index in [9.17, 15) is 8.42 Å². The van der Waals surface area contributed by atoms with Crippen LogP contribution in [0, 0.1) is 6.92 Å². The highest BCUT2D eigenvalue weighted by Crippen LogP contribution is 2.25. The van der Waals surface area contributed by atoms with Crippen molar-refractivity contribution in [2.75, 3.05) is 4.72 Å². The normalized spacial score (nSPS) is 11.7. The van der Waals surface area contributed by atoms with Crippen molar-refractivity contribution in [3.63, 3.8) is 0 Å². The zero-order valence-electron chi connectivity index (χ0n) is 15.9. The number of aryl methyl sites for hydroxylation is 2. The summed E-state index contributed by atoms with van der Waals surface area (Å²) in [5, 5.41) is 0.702. The van der Waals surface area contributed by atoms with Crippen molar-refractivity contribution in [3.05, 3.63) is 72.3 Å². The van der Waals surface area contributed by atoms with Gasteiger partial charge in [-0.2, -0.15) is 0 Å². The van der Waals surface area contributed by atoms with Crippen LogP contribution in [-0.4, -0.2) is 27.9 Å². The summed E-state index contributed by atoms with van der Waals surface area (Å²) in [6.45, 7) is 1.93. The number of nitrogens with one attached hydrogen (secondary N) is 1. The summed E-state index contributed by atoms with van der Waals surface area (Å²) in [5.41, 5.74) is 3.04. The first-order chi connectivity index (χ1) is 13.9. The average Bonchev–Trinajstić information content (AvgIpc) is 3.02. The first-order valence-electron chi connectivity index (χ1n) is 8.88. The summed E-state index contributed by atoms with van der Waals surface area (Å²) in [6.07, 6.45) is 1.74. The molecule has 2 heterocycles. The summed E-state index contributed by atoms with van der Waals surface area (Å²) >= 11 is 1.51. The summed E-state index contributed by atoms with van der Waals surface area (Å²) in [4.78, 5) is 13.5. The molecule has 0 saturated carbocycles. The van der Waals surface area contributed by atoms with Gasteiger partial charge >= 0.3 is 0 Å². The fourth-order valence-corrected chi connectivity index (χ4v) is 4.81. The lowest BCUT2D eigenvalue weighted by molar-refractivity contribution is 0.601. The lowest BCUT2D eigenvalue weighted by Gasteiger charge is -2.08. The third kappa shape index (κ3) is 4.25. The maximum absolute atomic E-state index is 12.5. The Balaban J connectivity index is 1.57. The van der Waals surface area contributed by atoms with Crippen molar-refractivity contribution in [2.45, 2.75) is 22.7 Å². The van der Waals surface area contributed by atoms with E-state index in [4.69, 9.17) is 0 Å². The van der Waals surface area contributed by atoms with Crippen LogP contribution in [0.15, 0.2) is 70.8 Å². The van der Waals surface area contributed by atoms with Crippen molar-refractivity contribution in [2.24, 2.45) is 7.05 Å². The van der Waals surface area contributed by atoms with E-state index in [1.165, 1.54) is 11.8 Å². The van der Waals surface area contributed by atoms with Gasteiger partial charge in [-0.05, 0) is 43.3 Å². The molecule has 2 aromatic carbocycles. The maximum atomic E-state index is 12.5. The highest BCUT2D eigenvalue weighted by molar-refractivity contribution is 7.98. The lowest BCUT2D eigenvalue weighted by atomic mass is 10.3. The number of fused-ring (bicyclic) bond motifs is 1. The lowest BCUT2D eigenvalue weighted by Crippen LogP contribution is -2.12. The van der Waals surface area contributed by atoms with Crippen LogP contribution < -0.4 is 4.72 Å². The van der Waals surface area contributed by atoms with Crippen molar-refractivity contribution in [1.29, 1.82) is 0 Å². The minimum atomic E-state index is -3.64. The zero-order valence-corrected chi connectivity index (χ0v) is 17.5. The van der Waals surface area contributed by atoms with Gasteiger partial charge in [0.2, 0.25) is 0 Å².